The van der Waals surface area contributed by atoms with Gasteiger partial charge in [0.2, 0.25) is 0 Å². The van der Waals surface area contributed by atoms with Crippen molar-refractivity contribution < 1.29 is 17.9 Å². The number of carbonyl (C=O) groups is 1. The van der Waals surface area contributed by atoms with E-state index in [4.69, 9.17) is 0 Å². The Hall–Kier alpha value is -2.34. The summed E-state index contributed by atoms with van der Waals surface area (Å²) >= 11 is 0. The van der Waals surface area contributed by atoms with Crippen molar-refractivity contribution >= 4 is 21.7 Å². The number of esters is 1. The van der Waals surface area contributed by atoms with Crippen LogP contribution >= 0.6 is 0 Å². The lowest BCUT2D eigenvalue weighted by Gasteiger charge is -2.09. The molecule has 6 heteroatoms. The molecule has 0 heterocycles. The normalized spacial score (nSPS) is 11.0. The van der Waals surface area contributed by atoms with Crippen molar-refractivity contribution in [1.82, 2.24) is 0 Å². The Morgan fingerprint density at radius 3 is 2.33 bits per heavy atom. The summed E-state index contributed by atoms with van der Waals surface area (Å²) in [6.07, 6.45) is 0. The van der Waals surface area contributed by atoms with Crippen LogP contribution in [0.4, 0.5) is 5.69 Å². The maximum atomic E-state index is 12.2. The first-order valence-corrected chi connectivity index (χ1v) is 7.68. The molecule has 21 heavy (non-hydrogen) atoms. The van der Waals surface area contributed by atoms with Crippen molar-refractivity contribution in [1.29, 1.82) is 0 Å². The van der Waals surface area contributed by atoms with Gasteiger partial charge in [0, 0.05) is 5.69 Å². The van der Waals surface area contributed by atoms with Gasteiger partial charge < -0.3 is 4.74 Å². The lowest BCUT2D eigenvalue weighted by atomic mass is 10.2. The van der Waals surface area contributed by atoms with Crippen molar-refractivity contribution in [2.24, 2.45) is 0 Å². The molecule has 0 fully saturated rings. The summed E-state index contributed by atoms with van der Waals surface area (Å²) in [5, 5.41) is 0. The molecule has 5 nitrogen and oxygen atoms in total. The molecule has 2 aromatic carbocycles. The Balaban J connectivity index is 2.23. The van der Waals surface area contributed by atoms with Gasteiger partial charge in [-0.05, 0) is 48.9 Å². The highest BCUT2D eigenvalue weighted by molar-refractivity contribution is 7.92. The van der Waals surface area contributed by atoms with E-state index in [2.05, 4.69) is 9.46 Å². The fourth-order valence-corrected chi connectivity index (χ4v) is 2.95. The van der Waals surface area contributed by atoms with Gasteiger partial charge in [-0.2, -0.15) is 0 Å². The largest absolute Gasteiger partial charge is 0.465 e. The molecule has 0 saturated carbocycles. The van der Waals surface area contributed by atoms with Crippen LogP contribution in [-0.2, 0) is 14.8 Å². The van der Waals surface area contributed by atoms with Crippen LogP contribution in [0.5, 0.6) is 0 Å². The minimum Gasteiger partial charge on any atom is -0.465 e. The van der Waals surface area contributed by atoms with Crippen molar-refractivity contribution in [3.05, 3.63) is 59.7 Å². The molecule has 110 valence electrons. The smallest absolute Gasteiger partial charge is 0.337 e. The average molecular weight is 305 g/mol. The Kier molecular flexibility index (Phi) is 4.28. The summed E-state index contributed by atoms with van der Waals surface area (Å²) in [4.78, 5) is 11.5. The zero-order valence-corrected chi connectivity index (χ0v) is 12.5. The second-order valence-corrected chi connectivity index (χ2v) is 6.17. The fourth-order valence-electron chi connectivity index (χ4n) is 1.79. The number of aryl methyl sites for hydroxylation is 1. The average Bonchev–Trinajstić information content (AvgIpc) is 2.47. The van der Waals surface area contributed by atoms with Gasteiger partial charge in [-0.25, -0.2) is 13.2 Å². The van der Waals surface area contributed by atoms with E-state index in [9.17, 15) is 13.2 Å². The standard InChI is InChI=1S/C15H15NO4S/c1-11-4-3-5-14(10-11)21(18,19)16-13-8-6-12(7-9-13)15(17)20-2/h3-10,16H,1-2H3. The Morgan fingerprint density at radius 2 is 1.76 bits per heavy atom. The number of ether oxygens (including phenoxy) is 1. The van der Waals surface area contributed by atoms with E-state index in [1.54, 1.807) is 12.1 Å². The number of sulfonamides is 1. The van der Waals surface area contributed by atoms with Crippen LogP contribution in [0.3, 0.4) is 0 Å². The molecule has 0 atom stereocenters. The number of hydrogen-bond acceptors (Lipinski definition) is 4. The van der Waals surface area contributed by atoms with Crippen molar-refractivity contribution in [2.45, 2.75) is 11.8 Å². The van der Waals surface area contributed by atoms with Crippen LogP contribution in [0.25, 0.3) is 0 Å². The van der Waals surface area contributed by atoms with E-state index >= 15 is 0 Å². The monoisotopic (exact) mass is 305 g/mol. The predicted molar refractivity (Wildman–Crippen MR) is 79.8 cm³/mol. The summed E-state index contributed by atoms with van der Waals surface area (Å²) in [6, 6.07) is 12.6. The number of hydrogen-bond donors (Lipinski definition) is 1. The summed E-state index contributed by atoms with van der Waals surface area (Å²) in [5.41, 5.74) is 1.60. The molecule has 0 aliphatic heterocycles. The van der Waals surface area contributed by atoms with Gasteiger partial charge in [0.1, 0.15) is 0 Å². The maximum absolute atomic E-state index is 12.2. The van der Waals surface area contributed by atoms with Gasteiger partial charge in [0.15, 0.2) is 0 Å². The van der Waals surface area contributed by atoms with Gasteiger partial charge >= 0.3 is 5.97 Å². The number of nitrogens with one attached hydrogen (secondary N) is 1. The summed E-state index contributed by atoms with van der Waals surface area (Å²) in [6.45, 7) is 1.82. The molecule has 0 aliphatic rings. The van der Waals surface area contributed by atoms with E-state index in [0.29, 0.717) is 11.3 Å². The first kappa shape index (κ1) is 15.1. The van der Waals surface area contributed by atoms with Gasteiger partial charge in [-0.15, -0.1) is 0 Å². The first-order chi connectivity index (χ1) is 9.92. The van der Waals surface area contributed by atoms with Crippen LogP contribution in [-0.4, -0.2) is 21.5 Å². The molecule has 0 aliphatic carbocycles. The lowest BCUT2D eigenvalue weighted by Crippen LogP contribution is -2.13. The third-order valence-electron chi connectivity index (χ3n) is 2.86. The summed E-state index contributed by atoms with van der Waals surface area (Å²) in [5.74, 6) is -0.469. The second-order valence-electron chi connectivity index (χ2n) is 4.49. The highest BCUT2D eigenvalue weighted by atomic mass is 32.2. The quantitative estimate of drug-likeness (QED) is 0.881. The predicted octanol–water partition coefficient (Wildman–Crippen LogP) is 2.58. The van der Waals surface area contributed by atoms with Crippen LogP contribution in [0.15, 0.2) is 53.4 Å². The molecule has 0 aromatic heterocycles. The number of methoxy groups -OCH3 is 1. The fraction of sp³-hybridized carbons (Fsp3) is 0.133. The molecule has 0 spiro atoms. The van der Waals surface area contributed by atoms with Crippen molar-refractivity contribution in [3.63, 3.8) is 0 Å². The Morgan fingerprint density at radius 1 is 1.10 bits per heavy atom. The van der Waals surface area contributed by atoms with Crippen LogP contribution < -0.4 is 4.72 Å². The minimum absolute atomic E-state index is 0.194. The molecule has 0 amide bonds. The number of carbonyl (C=O) groups excluding carboxylic acids is 1. The molecule has 0 radical (unpaired) electrons. The van der Waals surface area contributed by atoms with Crippen LogP contribution in [0.2, 0.25) is 0 Å². The van der Waals surface area contributed by atoms with Gasteiger partial charge in [0.05, 0.1) is 17.6 Å². The summed E-state index contributed by atoms with van der Waals surface area (Å²) in [7, 11) is -2.35. The summed E-state index contributed by atoms with van der Waals surface area (Å²) < 4.78 is 31.5. The zero-order chi connectivity index (χ0) is 15.5. The molecule has 2 aromatic rings. The van der Waals surface area contributed by atoms with Crippen LogP contribution in [0, 0.1) is 6.92 Å². The molecular weight excluding hydrogens is 290 g/mol. The Labute approximate surface area is 123 Å². The van der Waals surface area contributed by atoms with E-state index in [1.807, 2.05) is 13.0 Å². The number of benzene rings is 2. The van der Waals surface area contributed by atoms with Gasteiger partial charge in [0.25, 0.3) is 10.0 Å². The Bertz CT molecular complexity index is 751. The third kappa shape index (κ3) is 3.61. The molecule has 1 N–H and O–H groups in total. The van der Waals surface area contributed by atoms with Gasteiger partial charge in [-0.1, -0.05) is 12.1 Å². The first-order valence-electron chi connectivity index (χ1n) is 6.20. The zero-order valence-electron chi connectivity index (χ0n) is 11.7. The highest BCUT2D eigenvalue weighted by Crippen LogP contribution is 2.17. The maximum Gasteiger partial charge on any atom is 0.337 e. The third-order valence-corrected chi connectivity index (χ3v) is 4.24. The number of anilines is 1. The van der Waals surface area contributed by atoms with E-state index in [0.717, 1.165) is 5.56 Å². The molecule has 0 unspecified atom stereocenters. The second kappa shape index (κ2) is 5.97. The van der Waals surface area contributed by atoms with Crippen molar-refractivity contribution in [2.75, 3.05) is 11.8 Å². The SMILES string of the molecule is COC(=O)c1ccc(NS(=O)(=O)c2cccc(C)c2)cc1. The molecule has 2 rings (SSSR count). The van der Waals surface area contributed by atoms with Crippen molar-refractivity contribution in [3.8, 4) is 0 Å². The molecular formula is C15H15NO4S. The van der Waals surface area contributed by atoms with E-state index < -0.39 is 16.0 Å². The topological polar surface area (TPSA) is 72.5 Å². The number of rotatable bonds is 4. The van der Waals surface area contributed by atoms with Gasteiger partial charge in [-0.3, -0.25) is 4.72 Å². The minimum atomic E-state index is -3.64. The highest BCUT2D eigenvalue weighted by Gasteiger charge is 2.14. The molecule has 0 saturated heterocycles. The van der Waals surface area contributed by atoms with Crippen LogP contribution in [0.1, 0.15) is 15.9 Å². The van der Waals surface area contributed by atoms with E-state index in [1.165, 1.54) is 37.4 Å². The van der Waals surface area contributed by atoms with E-state index in [-0.39, 0.29) is 4.90 Å². The lowest BCUT2D eigenvalue weighted by molar-refractivity contribution is 0.0601. The molecule has 0 bridgehead atoms.